The Hall–Kier alpha value is -2.57. The molecule has 0 spiro atoms. The Kier molecular flexibility index (Phi) is 5.04. The van der Waals surface area contributed by atoms with Crippen molar-refractivity contribution in [2.45, 2.75) is 25.9 Å². The molecule has 3 heterocycles. The largest absolute Gasteiger partial charge is 0.339 e. The van der Waals surface area contributed by atoms with E-state index in [4.69, 9.17) is 4.52 Å². The number of hydrogen-bond donors (Lipinski definition) is 1. The Morgan fingerprint density at radius 1 is 1.23 bits per heavy atom. The minimum Gasteiger partial charge on any atom is -0.339 e. The summed E-state index contributed by atoms with van der Waals surface area (Å²) in [7, 11) is 0. The maximum Gasteiger partial charge on any atom is 0.231 e. The van der Waals surface area contributed by atoms with Gasteiger partial charge < -0.3 is 9.84 Å². The highest BCUT2D eigenvalue weighted by atomic mass is 16.5. The number of benzene rings is 1. The van der Waals surface area contributed by atoms with E-state index in [0.717, 1.165) is 25.5 Å². The highest BCUT2D eigenvalue weighted by Gasteiger charge is 2.25. The van der Waals surface area contributed by atoms with Crippen molar-refractivity contribution in [3.05, 3.63) is 77.2 Å². The topological polar surface area (TPSA) is 67.1 Å². The lowest BCUT2D eigenvalue weighted by Crippen LogP contribution is -2.45. The van der Waals surface area contributed by atoms with Crippen molar-refractivity contribution >= 4 is 0 Å². The highest BCUT2D eigenvalue weighted by Crippen LogP contribution is 2.23. The number of rotatable bonds is 5. The zero-order valence-electron chi connectivity index (χ0n) is 14.9. The van der Waals surface area contributed by atoms with Crippen molar-refractivity contribution in [2.75, 3.05) is 19.6 Å². The van der Waals surface area contributed by atoms with Crippen LogP contribution in [0.3, 0.4) is 0 Å². The second-order valence-electron chi connectivity index (χ2n) is 6.68. The fourth-order valence-electron chi connectivity index (χ4n) is 3.42. The van der Waals surface area contributed by atoms with Gasteiger partial charge in [0.15, 0.2) is 5.82 Å². The first kappa shape index (κ1) is 16.9. The summed E-state index contributed by atoms with van der Waals surface area (Å²) in [5.41, 5.74) is 3.67. The third kappa shape index (κ3) is 3.81. The summed E-state index contributed by atoms with van der Waals surface area (Å²) >= 11 is 0. The molecule has 0 bridgehead atoms. The lowest BCUT2D eigenvalue weighted by atomic mass is 10.1. The van der Waals surface area contributed by atoms with E-state index in [-0.39, 0.29) is 6.04 Å². The van der Waals surface area contributed by atoms with Crippen molar-refractivity contribution in [3.63, 3.8) is 0 Å². The fraction of sp³-hybridized carbons (Fsp3) is 0.350. The lowest BCUT2D eigenvalue weighted by molar-refractivity contribution is 0.148. The molecule has 1 aliphatic rings. The van der Waals surface area contributed by atoms with Gasteiger partial charge in [0.1, 0.15) is 0 Å². The second kappa shape index (κ2) is 7.76. The van der Waals surface area contributed by atoms with Gasteiger partial charge >= 0.3 is 0 Å². The maximum atomic E-state index is 5.49. The minimum atomic E-state index is 0.274. The van der Waals surface area contributed by atoms with Gasteiger partial charge in [0.2, 0.25) is 5.89 Å². The van der Waals surface area contributed by atoms with Crippen LogP contribution in [-0.2, 0) is 13.0 Å². The number of nitrogens with zero attached hydrogens (tertiary/aromatic N) is 4. The van der Waals surface area contributed by atoms with Gasteiger partial charge in [0.05, 0.1) is 13.0 Å². The van der Waals surface area contributed by atoms with Crippen LogP contribution in [0, 0.1) is 6.92 Å². The Bertz CT molecular complexity index is 848. The molecule has 6 heteroatoms. The zero-order valence-corrected chi connectivity index (χ0v) is 14.9. The van der Waals surface area contributed by atoms with Crippen molar-refractivity contribution in [1.29, 1.82) is 0 Å². The molecule has 26 heavy (non-hydrogen) atoms. The van der Waals surface area contributed by atoms with Gasteiger partial charge in [-0.3, -0.25) is 9.88 Å². The molecule has 0 saturated carbocycles. The fourth-order valence-corrected chi connectivity index (χ4v) is 3.42. The van der Waals surface area contributed by atoms with E-state index in [2.05, 4.69) is 50.5 Å². The molecular weight excluding hydrogens is 326 g/mol. The summed E-state index contributed by atoms with van der Waals surface area (Å²) in [6.07, 6.45) is 4.42. The minimum absolute atomic E-state index is 0.274. The average molecular weight is 349 g/mol. The molecule has 0 radical (unpaired) electrons. The normalized spacial score (nSPS) is 18.1. The number of nitrogens with one attached hydrogen (secondary N) is 1. The van der Waals surface area contributed by atoms with Crippen LogP contribution < -0.4 is 5.32 Å². The first-order valence-corrected chi connectivity index (χ1v) is 9.00. The van der Waals surface area contributed by atoms with Crippen LogP contribution in [0.25, 0.3) is 0 Å². The summed E-state index contributed by atoms with van der Waals surface area (Å²) < 4.78 is 5.49. The second-order valence-corrected chi connectivity index (χ2v) is 6.68. The lowest BCUT2D eigenvalue weighted by Gasteiger charge is -2.35. The van der Waals surface area contributed by atoms with Gasteiger partial charge in [-0.2, -0.15) is 4.98 Å². The zero-order chi connectivity index (χ0) is 17.8. The first-order valence-electron chi connectivity index (χ1n) is 9.00. The Balaban J connectivity index is 1.46. The van der Waals surface area contributed by atoms with E-state index in [1.54, 1.807) is 6.20 Å². The molecule has 1 atom stereocenters. The van der Waals surface area contributed by atoms with Crippen LogP contribution in [0.15, 0.2) is 53.3 Å². The van der Waals surface area contributed by atoms with Crippen molar-refractivity contribution in [3.8, 4) is 0 Å². The molecule has 1 N–H and O–H groups in total. The molecule has 4 rings (SSSR count). The molecule has 6 nitrogen and oxygen atoms in total. The van der Waals surface area contributed by atoms with Crippen LogP contribution in [0.2, 0.25) is 0 Å². The van der Waals surface area contributed by atoms with Crippen LogP contribution >= 0.6 is 0 Å². The Labute approximate surface area is 153 Å². The van der Waals surface area contributed by atoms with E-state index in [1.807, 2.05) is 24.4 Å². The first-order chi connectivity index (χ1) is 12.8. The van der Waals surface area contributed by atoms with Gasteiger partial charge in [-0.25, -0.2) is 0 Å². The highest BCUT2D eigenvalue weighted by molar-refractivity contribution is 5.27. The van der Waals surface area contributed by atoms with Crippen LogP contribution in [0.5, 0.6) is 0 Å². The van der Waals surface area contributed by atoms with Crippen LogP contribution in [0.1, 0.15) is 34.4 Å². The molecule has 2 aromatic heterocycles. The molecule has 3 aromatic rings. The van der Waals surface area contributed by atoms with Gasteiger partial charge in [-0.15, -0.1) is 0 Å². The van der Waals surface area contributed by atoms with E-state index in [9.17, 15) is 0 Å². The average Bonchev–Trinajstić information content (AvgIpc) is 3.12. The summed E-state index contributed by atoms with van der Waals surface area (Å²) in [6.45, 7) is 5.59. The summed E-state index contributed by atoms with van der Waals surface area (Å²) in [6, 6.07) is 12.7. The molecule has 0 aliphatic carbocycles. The molecule has 134 valence electrons. The van der Waals surface area contributed by atoms with Crippen molar-refractivity contribution < 1.29 is 4.52 Å². The van der Waals surface area contributed by atoms with Gasteiger partial charge in [-0.1, -0.05) is 35.5 Å². The van der Waals surface area contributed by atoms with Gasteiger partial charge in [0, 0.05) is 38.1 Å². The monoisotopic (exact) mass is 349 g/mol. The predicted molar refractivity (Wildman–Crippen MR) is 98.5 cm³/mol. The summed E-state index contributed by atoms with van der Waals surface area (Å²) in [5, 5.41) is 7.66. The standard InChI is InChI=1S/C20H23N5O/c1-15-5-2-3-6-16(15)11-20-23-19(24-26-20)14-25-10-9-22-13-18(25)17-7-4-8-21-12-17/h2-8,12,18,22H,9-11,13-14H2,1H3. The van der Waals surface area contributed by atoms with Crippen LogP contribution in [0.4, 0.5) is 0 Å². The van der Waals surface area contributed by atoms with E-state index in [1.165, 1.54) is 16.7 Å². The number of aromatic nitrogens is 3. The predicted octanol–water partition coefficient (Wildman–Crippen LogP) is 2.51. The van der Waals surface area contributed by atoms with E-state index in [0.29, 0.717) is 18.9 Å². The summed E-state index contributed by atoms with van der Waals surface area (Å²) in [5.74, 6) is 1.41. The van der Waals surface area contributed by atoms with Crippen molar-refractivity contribution in [2.24, 2.45) is 0 Å². The molecule has 0 amide bonds. The molecule has 1 aliphatic heterocycles. The molecule has 1 fully saturated rings. The molecular formula is C20H23N5O. The number of piperazine rings is 1. The van der Waals surface area contributed by atoms with Crippen molar-refractivity contribution in [1.82, 2.24) is 25.3 Å². The third-order valence-electron chi connectivity index (χ3n) is 4.88. The third-order valence-corrected chi connectivity index (χ3v) is 4.88. The number of pyridine rings is 1. The number of hydrogen-bond acceptors (Lipinski definition) is 6. The molecule has 1 saturated heterocycles. The SMILES string of the molecule is Cc1ccccc1Cc1nc(CN2CCNCC2c2cccnc2)no1. The van der Waals surface area contributed by atoms with E-state index < -0.39 is 0 Å². The molecule has 1 unspecified atom stereocenters. The maximum absolute atomic E-state index is 5.49. The smallest absolute Gasteiger partial charge is 0.231 e. The van der Waals surface area contributed by atoms with Gasteiger partial charge in [-0.05, 0) is 29.7 Å². The van der Waals surface area contributed by atoms with E-state index >= 15 is 0 Å². The quantitative estimate of drug-likeness (QED) is 0.763. The Morgan fingerprint density at radius 3 is 3.00 bits per heavy atom. The van der Waals surface area contributed by atoms with Gasteiger partial charge in [0.25, 0.3) is 0 Å². The Morgan fingerprint density at radius 2 is 2.15 bits per heavy atom. The van der Waals surface area contributed by atoms with Crippen LogP contribution in [-0.4, -0.2) is 39.7 Å². The molecule has 1 aromatic carbocycles. The number of aryl methyl sites for hydroxylation is 1. The summed E-state index contributed by atoms with van der Waals surface area (Å²) in [4.78, 5) is 11.3.